The zero-order valence-corrected chi connectivity index (χ0v) is 34.9. The second-order valence-electron chi connectivity index (χ2n) is 15.3. The van der Waals surface area contributed by atoms with Gasteiger partial charge in [0.25, 0.3) is 5.91 Å². The van der Waals surface area contributed by atoms with Crippen LogP contribution in [0.2, 0.25) is 5.02 Å². The van der Waals surface area contributed by atoms with Gasteiger partial charge in [0, 0.05) is 38.9 Å². The molecule has 1 fully saturated rings. The minimum absolute atomic E-state index is 0.00166. The molecule has 0 aromatic heterocycles. The van der Waals surface area contributed by atoms with Crippen LogP contribution in [0.15, 0.2) is 36.4 Å². The molecule has 1 saturated heterocycles. The number of hydrogen-bond donors (Lipinski definition) is 4. The van der Waals surface area contributed by atoms with Gasteiger partial charge in [-0.2, -0.15) is 0 Å². The number of benzene rings is 2. The number of ether oxygens (including phenoxy) is 6. The smallest absolute Gasteiger partial charge is 0.309 e. The Balaban J connectivity index is 1.44. The Morgan fingerprint density at radius 1 is 0.879 bits per heavy atom. The summed E-state index contributed by atoms with van der Waals surface area (Å²) in [4.78, 5) is 62.9. The lowest BCUT2D eigenvalue weighted by Gasteiger charge is -2.41. The van der Waals surface area contributed by atoms with Crippen LogP contribution in [0.25, 0.3) is 0 Å². The molecule has 6 atom stereocenters. The van der Waals surface area contributed by atoms with Gasteiger partial charge in [-0.25, -0.2) is 0 Å². The van der Waals surface area contributed by atoms with Crippen LogP contribution in [0.1, 0.15) is 100 Å². The molecule has 2 aromatic carbocycles. The highest BCUT2D eigenvalue weighted by atomic mass is 35.5. The zero-order chi connectivity index (χ0) is 43.0. The van der Waals surface area contributed by atoms with Gasteiger partial charge in [0.2, 0.25) is 0 Å². The van der Waals surface area contributed by atoms with Crippen molar-refractivity contribution >= 4 is 41.0 Å². The Labute approximate surface area is 344 Å². The number of amides is 1. The minimum atomic E-state index is -1.51. The number of unbranched alkanes of at least 4 members (excludes halogenated alkanes) is 2. The SMILES string of the molecule is COC(=O)[C@H](CCCCCC(=O)CCCC(=O)Cc1cccc(COc2cc(OC)c(C(=O)N[C@H]3[C@@H](OC)O[C@H](CO)[C@@H](O)[C@@H]3O)cc2Cl)c1)CC(=O)OC(C)(C)C. The van der Waals surface area contributed by atoms with E-state index in [4.69, 9.17) is 40.0 Å². The number of halogens is 1. The van der Waals surface area contributed by atoms with Crippen molar-refractivity contribution in [3.05, 3.63) is 58.1 Å². The molecule has 1 amide bonds. The summed E-state index contributed by atoms with van der Waals surface area (Å²) in [7, 11) is 3.94. The molecule has 1 heterocycles. The Bertz CT molecular complexity index is 1690. The van der Waals surface area contributed by atoms with E-state index in [2.05, 4.69) is 5.32 Å². The number of methoxy groups -OCH3 is 3. The fourth-order valence-electron chi connectivity index (χ4n) is 6.52. The fraction of sp³-hybridized carbons (Fsp3) is 0.595. The average Bonchev–Trinajstić information content (AvgIpc) is 3.17. The quantitative estimate of drug-likeness (QED) is 0.0901. The van der Waals surface area contributed by atoms with Gasteiger partial charge >= 0.3 is 11.9 Å². The molecule has 4 N–H and O–H groups in total. The maximum Gasteiger partial charge on any atom is 0.309 e. The molecule has 58 heavy (non-hydrogen) atoms. The maximum absolute atomic E-state index is 13.3. The van der Waals surface area contributed by atoms with Crippen LogP contribution < -0.4 is 14.8 Å². The Morgan fingerprint density at radius 3 is 2.22 bits per heavy atom. The molecule has 0 aliphatic carbocycles. The molecule has 1 aliphatic rings. The molecule has 0 bridgehead atoms. The Kier molecular flexibility index (Phi) is 19.5. The van der Waals surface area contributed by atoms with E-state index < -0.39 is 66.6 Å². The number of carbonyl (C=O) groups is 5. The highest BCUT2D eigenvalue weighted by Gasteiger charge is 2.45. The summed E-state index contributed by atoms with van der Waals surface area (Å²) in [5.41, 5.74) is 0.913. The molecule has 1 aliphatic heterocycles. The zero-order valence-electron chi connectivity index (χ0n) is 34.1. The number of ketones is 2. The summed E-state index contributed by atoms with van der Waals surface area (Å²) < 4.78 is 32.2. The van der Waals surface area contributed by atoms with Crippen LogP contribution >= 0.6 is 11.6 Å². The van der Waals surface area contributed by atoms with E-state index in [0.29, 0.717) is 44.9 Å². The molecule has 0 radical (unpaired) electrons. The van der Waals surface area contributed by atoms with Crippen LogP contribution in [-0.2, 0) is 51.2 Å². The van der Waals surface area contributed by atoms with E-state index in [-0.39, 0.29) is 59.5 Å². The van der Waals surface area contributed by atoms with Gasteiger partial charge in [0.1, 0.15) is 59.6 Å². The first-order valence-electron chi connectivity index (χ1n) is 19.4. The van der Waals surface area contributed by atoms with Crippen molar-refractivity contribution in [3.63, 3.8) is 0 Å². The molecule has 2 aromatic rings. The molecule has 0 saturated carbocycles. The van der Waals surface area contributed by atoms with Crippen molar-refractivity contribution in [2.75, 3.05) is 27.9 Å². The third-order valence-electron chi connectivity index (χ3n) is 9.48. The third-order valence-corrected chi connectivity index (χ3v) is 9.78. The molecule has 16 heteroatoms. The molecule has 322 valence electrons. The molecule has 0 unspecified atom stereocenters. The van der Waals surface area contributed by atoms with Gasteiger partial charge in [0.15, 0.2) is 6.29 Å². The van der Waals surface area contributed by atoms with Crippen molar-refractivity contribution < 1.29 is 67.7 Å². The van der Waals surface area contributed by atoms with E-state index >= 15 is 0 Å². The number of esters is 2. The molecular formula is C42H58ClNO14. The lowest BCUT2D eigenvalue weighted by atomic mass is 9.96. The van der Waals surface area contributed by atoms with Gasteiger partial charge in [-0.3, -0.25) is 24.0 Å². The van der Waals surface area contributed by atoms with Crippen LogP contribution in [0.5, 0.6) is 11.5 Å². The summed E-state index contributed by atoms with van der Waals surface area (Å²) in [5, 5.41) is 33.0. The maximum atomic E-state index is 13.3. The van der Waals surface area contributed by atoms with Crippen molar-refractivity contribution in [3.8, 4) is 11.5 Å². The first-order valence-corrected chi connectivity index (χ1v) is 19.7. The van der Waals surface area contributed by atoms with Crippen LogP contribution in [0, 0.1) is 5.92 Å². The standard InChI is InChI=1S/C42H58ClNO14/c1-42(2,3)58-35(48)20-27(40(52)54-5)14-8-7-9-15-28(46)16-11-17-29(47)19-25-12-10-13-26(18-25)24-56-33-22-32(53-4)30(21-31(33)43)39(51)44-36-38(50)37(49)34(23-45)57-41(36)55-6/h10,12-13,18,21-22,27,34,36-38,41,45,49-50H,7-9,11,14-17,19-20,23-24H2,1-6H3,(H,44,51)/t27-,34-,36-,37-,38-,41+/m1/s1. The number of aliphatic hydroxyl groups is 3. The van der Waals surface area contributed by atoms with Gasteiger partial charge in [0.05, 0.1) is 43.8 Å². The predicted molar refractivity (Wildman–Crippen MR) is 211 cm³/mol. The number of Topliss-reactive ketones (excluding diaryl/α,β-unsaturated/α-hetero) is 2. The summed E-state index contributed by atoms with van der Waals surface area (Å²) in [6, 6.07) is 8.92. The van der Waals surface area contributed by atoms with E-state index in [0.717, 1.165) is 11.1 Å². The van der Waals surface area contributed by atoms with Gasteiger partial charge in [-0.05, 0) is 57.2 Å². The molecule has 0 spiro atoms. The summed E-state index contributed by atoms with van der Waals surface area (Å²) in [6.45, 7) is 4.82. The average molecular weight is 836 g/mol. The Hall–Kier alpha value is -4.12. The topological polar surface area (TPSA) is 213 Å². The van der Waals surface area contributed by atoms with Crippen LogP contribution in [0.3, 0.4) is 0 Å². The number of aliphatic hydroxyl groups excluding tert-OH is 3. The first kappa shape index (κ1) is 48.3. The summed E-state index contributed by atoms with van der Waals surface area (Å²) in [6.07, 6.45) is -1.25. The lowest BCUT2D eigenvalue weighted by Crippen LogP contribution is -2.64. The first-order chi connectivity index (χ1) is 27.5. The van der Waals surface area contributed by atoms with Gasteiger partial charge in [-0.1, -0.05) is 48.7 Å². The fourth-order valence-corrected chi connectivity index (χ4v) is 6.73. The second kappa shape index (κ2) is 23.5. The van der Waals surface area contributed by atoms with Gasteiger partial charge in [-0.15, -0.1) is 0 Å². The molecule has 15 nitrogen and oxygen atoms in total. The minimum Gasteiger partial charge on any atom is -0.496 e. The molecular weight excluding hydrogens is 778 g/mol. The number of hydrogen-bond acceptors (Lipinski definition) is 14. The molecule has 3 rings (SSSR count). The van der Waals surface area contributed by atoms with E-state index in [1.54, 1.807) is 20.8 Å². The third kappa shape index (κ3) is 15.2. The number of carbonyl (C=O) groups excluding carboxylic acids is 5. The van der Waals surface area contributed by atoms with Gasteiger partial charge < -0.3 is 49.1 Å². The highest BCUT2D eigenvalue weighted by molar-refractivity contribution is 6.32. The number of nitrogens with one attached hydrogen (secondary N) is 1. The monoisotopic (exact) mass is 835 g/mol. The van der Waals surface area contributed by atoms with Crippen molar-refractivity contribution in [2.45, 2.75) is 128 Å². The van der Waals surface area contributed by atoms with E-state index in [1.165, 1.54) is 33.5 Å². The number of rotatable bonds is 23. The predicted octanol–water partition coefficient (Wildman–Crippen LogP) is 4.43. The van der Waals surface area contributed by atoms with Crippen molar-refractivity contribution in [2.24, 2.45) is 5.92 Å². The second-order valence-corrected chi connectivity index (χ2v) is 15.7. The summed E-state index contributed by atoms with van der Waals surface area (Å²) in [5.74, 6) is -1.79. The summed E-state index contributed by atoms with van der Waals surface area (Å²) >= 11 is 6.50. The van der Waals surface area contributed by atoms with E-state index in [9.17, 15) is 39.3 Å². The Morgan fingerprint density at radius 2 is 1.57 bits per heavy atom. The largest absolute Gasteiger partial charge is 0.496 e. The normalized spacial score (nSPS) is 19.8. The lowest BCUT2D eigenvalue weighted by molar-refractivity contribution is -0.261. The highest BCUT2D eigenvalue weighted by Crippen LogP contribution is 2.34. The van der Waals surface area contributed by atoms with E-state index in [1.807, 2.05) is 24.3 Å². The van der Waals surface area contributed by atoms with Crippen LogP contribution in [0.4, 0.5) is 0 Å². The van der Waals surface area contributed by atoms with Crippen molar-refractivity contribution in [1.29, 1.82) is 0 Å². The van der Waals surface area contributed by atoms with Crippen LogP contribution in [-0.4, -0.2) is 109 Å². The van der Waals surface area contributed by atoms with Crippen molar-refractivity contribution in [1.82, 2.24) is 5.32 Å².